The number of carbonyl (C=O) groups excluding carboxylic acids is 2. The van der Waals surface area contributed by atoms with Gasteiger partial charge in [0.15, 0.2) is 0 Å². The molecule has 2 aromatic heterocycles. The van der Waals surface area contributed by atoms with Gasteiger partial charge in [0.05, 0.1) is 5.69 Å². The lowest BCUT2D eigenvalue weighted by molar-refractivity contribution is -0.127. The predicted molar refractivity (Wildman–Crippen MR) is 119 cm³/mol. The highest BCUT2D eigenvalue weighted by molar-refractivity contribution is 5.93. The predicted octanol–water partition coefficient (Wildman–Crippen LogP) is 3.90. The molecule has 0 atom stereocenters. The Morgan fingerprint density at radius 3 is 2.32 bits per heavy atom. The van der Waals surface area contributed by atoms with Crippen molar-refractivity contribution in [3.05, 3.63) is 46.6 Å². The molecule has 0 spiro atoms. The van der Waals surface area contributed by atoms with E-state index in [0.29, 0.717) is 37.9 Å². The maximum absolute atomic E-state index is 12.7. The fourth-order valence-corrected chi connectivity index (χ4v) is 4.89. The fraction of sp³-hybridized carbons (Fsp3) is 0.542. The van der Waals surface area contributed by atoms with Crippen molar-refractivity contribution >= 4 is 17.9 Å². The van der Waals surface area contributed by atoms with Gasteiger partial charge in [-0.2, -0.15) is 0 Å². The van der Waals surface area contributed by atoms with Gasteiger partial charge in [0.1, 0.15) is 0 Å². The minimum Gasteiger partial charge on any atom is -0.351 e. The molecule has 4 rings (SSSR count). The first-order chi connectivity index (χ1) is 14.9. The Labute approximate surface area is 183 Å². The van der Waals surface area contributed by atoms with E-state index in [-0.39, 0.29) is 17.6 Å². The molecule has 3 heterocycles. The molecule has 1 aliphatic carbocycles. The number of piperazine rings is 1. The molecule has 1 saturated carbocycles. The number of aromatic nitrogens is 2. The van der Waals surface area contributed by atoms with Crippen LogP contribution in [-0.2, 0) is 4.79 Å². The first-order valence-corrected chi connectivity index (χ1v) is 11.3. The lowest BCUT2D eigenvalue weighted by Crippen LogP contribution is -2.50. The van der Waals surface area contributed by atoms with Gasteiger partial charge in [0.2, 0.25) is 11.7 Å². The van der Waals surface area contributed by atoms with Gasteiger partial charge in [-0.05, 0) is 51.3 Å². The summed E-state index contributed by atoms with van der Waals surface area (Å²) < 4.78 is 7.53. The highest BCUT2D eigenvalue weighted by Crippen LogP contribution is 2.32. The van der Waals surface area contributed by atoms with Crippen molar-refractivity contribution in [3.63, 3.8) is 0 Å². The maximum atomic E-state index is 12.7. The minimum atomic E-state index is -0.168. The third-order valence-electron chi connectivity index (χ3n) is 6.59. The lowest BCUT2D eigenvalue weighted by atomic mass is 9.95. The Balaban J connectivity index is 1.35. The van der Waals surface area contributed by atoms with E-state index in [1.54, 1.807) is 28.9 Å². The van der Waals surface area contributed by atoms with Crippen LogP contribution in [0.15, 0.2) is 22.7 Å². The van der Waals surface area contributed by atoms with E-state index >= 15 is 0 Å². The smallest absolute Gasteiger partial charge is 0.292 e. The van der Waals surface area contributed by atoms with Crippen LogP contribution < -0.4 is 0 Å². The van der Waals surface area contributed by atoms with Crippen LogP contribution in [0.1, 0.15) is 71.3 Å². The number of hydrogen-bond donors (Lipinski definition) is 0. The molecule has 0 N–H and O–H groups in total. The summed E-state index contributed by atoms with van der Waals surface area (Å²) in [6.45, 7) is 8.12. The van der Waals surface area contributed by atoms with Crippen molar-refractivity contribution in [1.29, 1.82) is 0 Å². The highest BCUT2D eigenvalue weighted by atomic mass is 16.5. The second-order valence-electron chi connectivity index (χ2n) is 8.77. The Morgan fingerprint density at radius 2 is 1.68 bits per heavy atom. The lowest BCUT2D eigenvalue weighted by Gasteiger charge is -2.33. The topological polar surface area (TPSA) is 71.6 Å². The van der Waals surface area contributed by atoms with E-state index < -0.39 is 0 Å². The van der Waals surface area contributed by atoms with Gasteiger partial charge in [0.25, 0.3) is 5.91 Å². The maximum Gasteiger partial charge on any atom is 0.292 e. The molecule has 2 fully saturated rings. The number of hydrogen-bond acceptors (Lipinski definition) is 4. The second-order valence-corrected chi connectivity index (χ2v) is 8.77. The van der Waals surface area contributed by atoms with Crippen molar-refractivity contribution in [1.82, 2.24) is 19.5 Å². The van der Waals surface area contributed by atoms with E-state index in [4.69, 9.17) is 4.52 Å². The van der Waals surface area contributed by atoms with E-state index in [1.165, 1.54) is 43.5 Å². The van der Waals surface area contributed by atoms with Crippen LogP contribution in [0, 0.1) is 20.8 Å². The van der Waals surface area contributed by atoms with Gasteiger partial charge < -0.3 is 18.9 Å². The summed E-state index contributed by atoms with van der Waals surface area (Å²) in [5.41, 5.74) is 4.31. The molecule has 1 saturated heterocycles. The SMILES string of the molecule is Cc1cc(C(=O)N2CCN(C(=O)/C=C/c3cc(C)n(C4CCCCC4)c3C)CC2)on1. The fourth-order valence-electron chi connectivity index (χ4n) is 4.89. The number of nitrogens with zero attached hydrogens (tertiary/aromatic N) is 4. The molecule has 2 aliphatic rings. The molecule has 0 aromatic carbocycles. The van der Waals surface area contributed by atoms with E-state index in [9.17, 15) is 9.59 Å². The van der Waals surface area contributed by atoms with Crippen molar-refractivity contribution in [2.75, 3.05) is 26.2 Å². The molecule has 166 valence electrons. The van der Waals surface area contributed by atoms with Crippen molar-refractivity contribution in [2.45, 2.75) is 58.9 Å². The number of carbonyl (C=O) groups is 2. The average Bonchev–Trinajstić information content (AvgIpc) is 3.34. The Kier molecular flexibility index (Phi) is 6.30. The van der Waals surface area contributed by atoms with Crippen molar-refractivity contribution in [3.8, 4) is 0 Å². The molecule has 31 heavy (non-hydrogen) atoms. The second kappa shape index (κ2) is 9.12. The highest BCUT2D eigenvalue weighted by Gasteiger charge is 2.26. The van der Waals surface area contributed by atoms with Crippen LogP contribution >= 0.6 is 0 Å². The normalized spacial score (nSPS) is 18.2. The van der Waals surface area contributed by atoms with Gasteiger partial charge >= 0.3 is 0 Å². The van der Waals surface area contributed by atoms with Crippen LogP contribution in [-0.4, -0.2) is 57.5 Å². The number of amides is 2. The third kappa shape index (κ3) is 4.60. The monoisotopic (exact) mass is 424 g/mol. The van der Waals surface area contributed by atoms with Gasteiger partial charge in [-0.3, -0.25) is 9.59 Å². The first kappa shape index (κ1) is 21.4. The average molecular weight is 425 g/mol. The summed E-state index contributed by atoms with van der Waals surface area (Å²) in [4.78, 5) is 28.7. The zero-order chi connectivity index (χ0) is 22.0. The Morgan fingerprint density at radius 1 is 1.00 bits per heavy atom. The van der Waals surface area contributed by atoms with Crippen LogP contribution in [0.4, 0.5) is 0 Å². The molecule has 0 radical (unpaired) electrons. The zero-order valence-electron chi connectivity index (χ0n) is 18.8. The number of aryl methyl sites for hydroxylation is 2. The summed E-state index contributed by atoms with van der Waals surface area (Å²) in [5, 5.41) is 3.78. The quantitative estimate of drug-likeness (QED) is 0.698. The standard InChI is InChI=1S/C24H32N4O3/c1-17-15-22(31-25-17)24(30)27-13-11-26(12-14-27)23(29)10-9-20-16-18(2)28(19(20)3)21-7-5-4-6-8-21/h9-10,15-16,21H,4-8,11-14H2,1-3H3/b10-9+. The van der Waals surface area contributed by atoms with E-state index in [1.807, 2.05) is 6.08 Å². The molecular formula is C24H32N4O3. The summed E-state index contributed by atoms with van der Waals surface area (Å²) in [7, 11) is 0. The number of rotatable bonds is 4. The summed E-state index contributed by atoms with van der Waals surface area (Å²) in [6, 6.07) is 4.42. The molecule has 0 unspecified atom stereocenters. The van der Waals surface area contributed by atoms with Gasteiger partial charge in [-0.1, -0.05) is 24.4 Å². The minimum absolute atomic E-state index is 0.00919. The van der Waals surface area contributed by atoms with Crippen LogP contribution in [0.2, 0.25) is 0 Å². The van der Waals surface area contributed by atoms with Crippen molar-refractivity contribution < 1.29 is 14.1 Å². The molecule has 2 amide bonds. The molecule has 0 bridgehead atoms. The van der Waals surface area contributed by atoms with Gasteiger partial charge in [0, 0.05) is 55.8 Å². The Bertz CT molecular complexity index is 973. The van der Waals surface area contributed by atoms with Crippen LogP contribution in [0.25, 0.3) is 6.08 Å². The Hall–Kier alpha value is -2.83. The molecule has 2 aromatic rings. The van der Waals surface area contributed by atoms with Gasteiger partial charge in [-0.25, -0.2) is 0 Å². The molecule has 1 aliphatic heterocycles. The largest absolute Gasteiger partial charge is 0.351 e. The molecule has 7 nitrogen and oxygen atoms in total. The molecule has 7 heteroatoms. The van der Waals surface area contributed by atoms with Crippen molar-refractivity contribution in [2.24, 2.45) is 0 Å². The summed E-state index contributed by atoms with van der Waals surface area (Å²) >= 11 is 0. The third-order valence-corrected chi connectivity index (χ3v) is 6.59. The van der Waals surface area contributed by atoms with E-state index in [2.05, 4.69) is 29.6 Å². The molecular weight excluding hydrogens is 392 g/mol. The first-order valence-electron chi connectivity index (χ1n) is 11.3. The summed E-state index contributed by atoms with van der Waals surface area (Å²) in [5.74, 6) is 0.0777. The summed E-state index contributed by atoms with van der Waals surface area (Å²) in [6.07, 6.45) is 10.0. The zero-order valence-corrected chi connectivity index (χ0v) is 18.8. The van der Waals surface area contributed by atoms with Gasteiger partial charge in [-0.15, -0.1) is 0 Å². The van der Waals surface area contributed by atoms with Crippen LogP contribution in [0.3, 0.4) is 0 Å². The van der Waals surface area contributed by atoms with E-state index in [0.717, 1.165) is 5.56 Å². The van der Waals surface area contributed by atoms with Crippen LogP contribution in [0.5, 0.6) is 0 Å².